The first kappa shape index (κ1) is 14.7. The third kappa shape index (κ3) is 3.58. The van der Waals surface area contributed by atoms with E-state index in [2.05, 4.69) is 9.69 Å². The lowest BCUT2D eigenvalue weighted by atomic mass is 10.1. The SMILES string of the molecule is CCOC(=O)c1c(N)nsc1NCC(C)(C)OC. The monoisotopic (exact) mass is 273 g/mol. The van der Waals surface area contributed by atoms with E-state index in [1.165, 1.54) is 0 Å². The van der Waals surface area contributed by atoms with Crippen LogP contribution in [0.4, 0.5) is 10.8 Å². The molecule has 0 bridgehead atoms. The number of nitrogens with zero attached hydrogens (tertiary/aromatic N) is 1. The number of anilines is 2. The Morgan fingerprint density at radius 1 is 1.56 bits per heavy atom. The van der Waals surface area contributed by atoms with Crippen LogP contribution in [-0.4, -0.2) is 36.2 Å². The Labute approximate surface area is 111 Å². The smallest absolute Gasteiger partial charge is 0.344 e. The summed E-state index contributed by atoms with van der Waals surface area (Å²) in [6, 6.07) is 0. The first-order valence-electron chi connectivity index (χ1n) is 5.62. The molecule has 0 unspecified atom stereocenters. The molecule has 102 valence electrons. The van der Waals surface area contributed by atoms with Gasteiger partial charge in [-0.1, -0.05) is 0 Å². The molecule has 18 heavy (non-hydrogen) atoms. The van der Waals surface area contributed by atoms with Crippen molar-refractivity contribution in [2.24, 2.45) is 0 Å². The first-order chi connectivity index (χ1) is 8.41. The molecule has 0 aliphatic rings. The number of carbonyl (C=O) groups is 1. The molecule has 0 aliphatic carbocycles. The van der Waals surface area contributed by atoms with Crippen LogP contribution in [0.2, 0.25) is 0 Å². The second kappa shape index (κ2) is 6.01. The van der Waals surface area contributed by atoms with E-state index in [4.69, 9.17) is 15.2 Å². The molecule has 0 spiro atoms. The van der Waals surface area contributed by atoms with Crippen molar-refractivity contribution in [3.05, 3.63) is 5.56 Å². The molecular formula is C11H19N3O3S. The van der Waals surface area contributed by atoms with Gasteiger partial charge in [0.25, 0.3) is 0 Å². The van der Waals surface area contributed by atoms with Crippen LogP contribution in [-0.2, 0) is 9.47 Å². The van der Waals surface area contributed by atoms with Gasteiger partial charge in [0.1, 0.15) is 10.6 Å². The predicted molar refractivity (Wildman–Crippen MR) is 72.1 cm³/mol. The largest absolute Gasteiger partial charge is 0.462 e. The van der Waals surface area contributed by atoms with Crippen molar-refractivity contribution < 1.29 is 14.3 Å². The lowest BCUT2D eigenvalue weighted by molar-refractivity contribution is 0.0343. The maximum Gasteiger partial charge on any atom is 0.344 e. The highest BCUT2D eigenvalue weighted by molar-refractivity contribution is 7.11. The Morgan fingerprint density at radius 3 is 2.78 bits per heavy atom. The van der Waals surface area contributed by atoms with Crippen LogP contribution in [0.1, 0.15) is 31.1 Å². The highest BCUT2D eigenvalue weighted by Crippen LogP contribution is 2.28. The minimum atomic E-state index is -0.457. The van der Waals surface area contributed by atoms with Crippen LogP contribution in [0.25, 0.3) is 0 Å². The van der Waals surface area contributed by atoms with Gasteiger partial charge < -0.3 is 20.5 Å². The summed E-state index contributed by atoms with van der Waals surface area (Å²) in [5.74, 6) is -0.266. The number of nitrogens with two attached hydrogens (primary N) is 1. The Bertz CT molecular complexity index is 418. The highest BCUT2D eigenvalue weighted by Gasteiger charge is 2.23. The zero-order chi connectivity index (χ0) is 13.8. The summed E-state index contributed by atoms with van der Waals surface area (Å²) >= 11 is 1.14. The van der Waals surface area contributed by atoms with Gasteiger partial charge >= 0.3 is 5.97 Å². The van der Waals surface area contributed by atoms with Crippen LogP contribution >= 0.6 is 11.5 Å². The van der Waals surface area contributed by atoms with Crippen molar-refractivity contribution in [1.29, 1.82) is 0 Å². The minimum Gasteiger partial charge on any atom is -0.462 e. The van der Waals surface area contributed by atoms with Gasteiger partial charge in [-0.25, -0.2) is 4.79 Å². The third-order valence-electron chi connectivity index (χ3n) is 2.43. The van der Waals surface area contributed by atoms with E-state index >= 15 is 0 Å². The molecule has 0 aliphatic heterocycles. The van der Waals surface area contributed by atoms with E-state index in [0.29, 0.717) is 23.7 Å². The molecular weight excluding hydrogens is 254 g/mol. The molecule has 0 atom stereocenters. The quantitative estimate of drug-likeness (QED) is 0.768. The van der Waals surface area contributed by atoms with Gasteiger partial charge in [0.15, 0.2) is 5.82 Å². The molecule has 0 radical (unpaired) electrons. The summed E-state index contributed by atoms with van der Waals surface area (Å²) in [5.41, 5.74) is 5.63. The number of rotatable bonds is 6. The van der Waals surface area contributed by atoms with Gasteiger partial charge in [-0.2, -0.15) is 4.37 Å². The lowest BCUT2D eigenvalue weighted by Crippen LogP contribution is -2.32. The van der Waals surface area contributed by atoms with Gasteiger partial charge in [-0.05, 0) is 32.3 Å². The number of methoxy groups -OCH3 is 1. The molecule has 3 N–H and O–H groups in total. The molecule has 1 rings (SSSR count). The number of carbonyl (C=O) groups excluding carboxylic acids is 1. The van der Waals surface area contributed by atoms with E-state index in [0.717, 1.165) is 11.5 Å². The lowest BCUT2D eigenvalue weighted by Gasteiger charge is -2.23. The van der Waals surface area contributed by atoms with Gasteiger partial charge in [-0.3, -0.25) is 0 Å². The average molecular weight is 273 g/mol. The van der Waals surface area contributed by atoms with E-state index in [9.17, 15) is 4.79 Å². The standard InChI is InChI=1S/C11H19N3O3S/c1-5-17-10(15)7-8(12)14-18-9(7)13-6-11(2,3)16-4/h13H,5-6H2,1-4H3,(H2,12,14). The predicted octanol–water partition coefficient (Wildman–Crippen LogP) is 1.74. The first-order valence-corrected chi connectivity index (χ1v) is 6.40. The van der Waals surface area contributed by atoms with E-state index in [-0.39, 0.29) is 11.4 Å². The maximum absolute atomic E-state index is 11.7. The van der Waals surface area contributed by atoms with Gasteiger partial charge in [-0.15, -0.1) is 0 Å². The fourth-order valence-electron chi connectivity index (χ4n) is 1.19. The van der Waals surface area contributed by atoms with Crippen molar-refractivity contribution in [2.75, 3.05) is 31.3 Å². The third-order valence-corrected chi connectivity index (χ3v) is 3.24. The topological polar surface area (TPSA) is 86.5 Å². The fraction of sp³-hybridized carbons (Fsp3) is 0.636. The average Bonchev–Trinajstić information content (AvgIpc) is 2.68. The van der Waals surface area contributed by atoms with Crippen LogP contribution in [0.3, 0.4) is 0 Å². The number of aromatic nitrogens is 1. The molecule has 0 saturated carbocycles. The van der Waals surface area contributed by atoms with E-state index in [1.54, 1.807) is 14.0 Å². The van der Waals surface area contributed by atoms with Crippen LogP contribution in [0.15, 0.2) is 0 Å². The number of esters is 1. The zero-order valence-corrected chi connectivity index (χ0v) is 11.9. The Balaban J connectivity index is 2.81. The van der Waals surface area contributed by atoms with Gasteiger partial charge in [0.05, 0.1) is 12.2 Å². The Hall–Kier alpha value is -1.34. The number of hydrogen-bond acceptors (Lipinski definition) is 7. The second-order valence-electron chi connectivity index (χ2n) is 4.31. The van der Waals surface area contributed by atoms with E-state index < -0.39 is 5.97 Å². The minimum absolute atomic E-state index is 0.191. The van der Waals surface area contributed by atoms with Crippen molar-refractivity contribution in [2.45, 2.75) is 26.4 Å². The van der Waals surface area contributed by atoms with Gasteiger partial charge in [0, 0.05) is 13.7 Å². The molecule has 0 fully saturated rings. The summed E-state index contributed by atoms with van der Waals surface area (Å²) in [5, 5.41) is 3.72. The number of ether oxygens (including phenoxy) is 2. The molecule has 0 saturated heterocycles. The summed E-state index contributed by atoms with van der Waals surface area (Å²) in [4.78, 5) is 11.7. The summed E-state index contributed by atoms with van der Waals surface area (Å²) < 4.78 is 14.2. The zero-order valence-electron chi connectivity index (χ0n) is 11.1. The normalized spacial score (nSPS) is 11.3. The molecule has 0 amide bonds. The summed E-state index contributed by atoms with van der Waals surface area (Å²) in [6.45, 7) is 6.46. The number of hydrogen-bond donors (Lipinski definition) is 2. The van der Waals surface area contributed by atoms with E-state index in [1.807, 2.05) is 13.8 Å². The van der Waals surface area contributed by atoms with Crippen LogP contribution < -0.4 is 11.1 Å². The summed E-state index contributed by atoms with van der Waals surface area (Å²) in [7, 11) is 1.63. The van der Waals surface area contributed by atoms with Crippen molar-refractivity contribution in [3.8, 4) is 0 Å². The van der Waals surface area contributed by atoms with Crippen molar-refractivity contribution in [3.63, 3.8) is 0 Å². The van der Waals surface area contributed by atoms with Gasteiger partial charge in [0.2, 0.25) is 0 Å². The molecule has 1 aromatic heterocycles. The Morgan fingerprint density at radius 2 is 2.22 bits per heavy atom. The van der Waals surface area contributed by atoms with Crippen molar-refractivity contribution in [1.82, 2.24) is 4.37 Å². The molecule has 1 aromatic rings. The fourth-order valence-corrected chi connectivity index (χ4v) is 1.89. The van der Waals surface area contributed by atoms with Crippen molar-refractivity contribution >= 4 is 28.3 Å². The molecule has 6 nitrogen and oxygen atoms in total. The summed E-state index contributed by atoms with van der Waals surface area (Å²) in [6.07, 6.45) is 0. The maximum atomic E-state index is 11.7. The highest BCUT2D eigenvalue weighted by atomic mass is 32.1. The molecule has 0 aromatic carbocycles. The number of nitrogens with one attached hydrogen (secondary N) is 1. The van der Waals surface area contributed by atoms with Crippen LogP contribution in [0, 0.1) is 0 Å². The second-order valence-corrected chi connectivity index (χ2v) is 5.08. The Kier molecular flexibility index (Phi) is 4.92. The number of nitrogen functional groups attached to an aromatic ring is 1. The molecule has 1 heterocycles. The van der Waals surface area contributed by atoms with Crippen LogP contribution in [0.5, 0.6) is 0 Å². The molecule has 7 heteroatoms.